The van der Waals surface area contributed by atoms with E-state index in [1.807, 2.05) is 43.7 Å². The maximum Gasteiger partial charge on any atom is 0.231 e. The van der Waals surface area contributed by atoms with Crippen LogP contribution in [-0.4, -0.2) is 51.8 Å². The minimum atomic E-state index is -0.0658. The molecule has 0 unspecified atom stereocenters. The van der Waals surface area contributed by atoms with Crippen LogP contribution in [-0.2, 0) is 4.79 Å². The molecule has 8 nitrogen and oxygen atoms in total. The van der Waals surface area contributed by atoms with Crippen LogP contribution in [0.4, 0.5) is 17.2 Å². The number of carbonyl (C=O) groups excluding carboxylic acids is 1. The summed E-state index contributed by atoms with van der Waals surface area (Å²) in [5.74, 6) is 1.53. The minimum absolute atomic E-state index is 0.0489. The van der Waals surface area contributed by atoms with Crippen LogP contribution in [0.3, 0.4) is 0 Å². The Bertz CT molecular complexity index is 1110. The van der Waals surface area contributed by atoms with Crippen LogP contribution in [0.25, 0.3) is 5.82 Å². The minimum Gasteiger partial charge on any atom is -0.372 e. The summed E-state index contributed by atoms with van der Waals surface area (Å²) in [6, 6.07) is 10.1. The second-order valence-electron chi connectivity index (χ2n) is 8.34. The van der Waals surface area contributed by atoms with Gasteiger partial charge in [0.1, 0.15) is 12.1 Å². The van der Waals surface area contributed by atoms with Gasteiger partial charge < -0.3 is 15.1 Å². The van der Waals surface area contributed by atoms with Crippen LogP contribution in [0, 0.1) is 26.7 Å². The van der Waals surface area contributed by atoms with Crippen LogP contribution < -0.4 is 15.1 Å². The SMILES string of the molecule is CCN(CC)c1ccc(NC(=O)C2CN(c3cc(-n4nc(C)cc4C)ncn3)C2)c(C)c1. The summed E-state index contributed by atoms with van der Waals surface area (Å²) in [6.07, 6.45) is 1.55. The molecule has 0 bridgehead atoms. The summed E-state index contributed by atoms with van der Waals surface area (Å²) >= 11 is 0. The van der Waals surface area contributed by atoms with E-state index in [4.69, 9.17) is 0 Å². The quantitative estimate of drug-likeness (QED) is 0.614. The molecule has 1 aliphatic rings. The summed E-state index contributed by atoms with van der Waals surface area (Å²) in [7, 11) is 0. The van der Waals surface area contributed by atoms with E-state index in [0.29, 0.717) is 13.1 Å². The molecule has 3 aromatic rings. The number of nitrogens with one attached hydrogen (secondary N) is 1. The monoisotopic (exact) mass is 433 g/mol. The smallest absolute Gasteiger partial charge is 0.231 e. The van der Waals surface area contributed by atoms with E-state index in [1.54, 1.807) is 6.33 Å². The fourth-order valence-corrected chi connectivity index (χ4v) is 4.13. The molecule has 1 aromatic carbocycles. The van der Waals surface area contributed by atoms with Crippen molar-refractivity contribution in [1.29, 1.82) is 0 Å². The largest absolute Gasteiger partial charge is 0.372 e. The number of rotatable bonds is 7. The molecule has 0 saturated carbocycles. The zero-order valence-corrected chi connectivity index (χ0v) is 19.5. The maximum absolute atomic E-state index is 12.8. The lowest BCUT2D eigenvalue weighted by Crippen LogP contribution is -2.52. The highest BCUT2D eigenvalue weighted by molar-refractivity contribution is 5.95. The molecule has 2 aromatic heterocycles. The van der Waals surface area contributed by atoms with Gasteiger partial charge in [-0.2, -0.15) is 5.10 Å². The highest BCUT2D eigenvalue weighted by Crippen LogP contribution is 2.27. The van der Waals surface area contributed by atoms with Gasteiger partial charge in [0.25, 0.3) is 0 Å². The Morgan fingerprint density at radius 1 is 1.06 bits per heavy atom. The molecular weight excluding hydrogens is 402 g/mol. The highest BCUT2D eigenvalue weighted by atomic mass is 16.2. The number of amides is 1. The molecule has 1 fully saturated rings. The van der Waals surface area contributed by atoms with E-state index in [2.05, 4.69) is 56.2 Å². The second-order valence-corrected chi connectivity index (χ2v) is 8.34. The average molecular weight is 434 g/mol. The summed E-state index contributed by atoms with van der Waals surface area (Å²) in [4.78, 5) is 25.9. The number of aryl methyl sites for hydroxylation is 3. The van der Waals surface area contributed by atoms with Crippen LogP contribution in [0.15, 0.2) is 36.7 Å². The van der Waals surface area contributed by atoms with E-state index in [-0.39, 0.29) is 11.8 Å². The zero-order valence-electron chi connectivity index (χ0n) is 19.5. The Balaban J connectivity index is 1.38. The standard InChI is InChI=1S/C24H31N7O/c1-6-29(7-2)20-8-9-21(16(3)10-20)27-24(32)19-13-30(14-19)22-12-23(26-15-25-22)31-18(5)11-17(4)28-31/h8-12,15,19H,6-7,13-14H2,1-5H3,(H,27,32). The van der Waals surface area contributed by atoms with E-state index in [1.165, 1.54) is 5.69 Å². The van der Waals surface area contributed by atoms with Crippen molar-refractivity contribution >= 4 is 23.1 Å². The van der Waals surface area contributed by atoms with Gasteiger partial charge in [-0.05, 0) is 64.4 Å². The van der Waals surface area contributed by atoms with Gasteiger partial charge in [0.15, 0.2) is 5.82 Å². The number of hydrogen-bond donors (Lipinski definition) is 1. The Hall–Kier alpha value is -3.42. The number of nitrogens with zero attached hydrogens (tertiary/aromatic N) is 6. The second kappa shape index (κ2) is 8.98. The maximum atomic E-state index is 12.8. The summed E-state index contributed by atoms with van der Waals surface area (Å²) in [5, 5.41) is 7.59. The summed E-state index contributed by atoms with van der Waals surface area (Å²) in [6.45, 7) is 13.5. The number of anilines is 3. The fraction of sp³-hybridized carbons (Fsp3) is 0.417. The van der Waals surface area contributed by atoms with E-state index in [0.717, 1.165) is 47.4 Å². The Labute approximate surface area is 189 Å². The Morgan fingerprint density at radius 2 is 1.78 bits per heavy atom. The molecular formula is C24H31N7O. The molecule has 8 heteroatoms. The molecule has 0 spiro atoms. The molecule has 32 heavy (non-hydrogen) atoms. The van der Waals surface area contributed by atoms with Gasteiger partial charge in [0.05, 0.1) is 11.6 Å². The molecule has 1 N–H and O–H groups in total. The molecule has 3 heterocycles. The van der Waals surface area contributed by atoms with Crippen molar-refractivity contribution in [2.45, 2.75) is 34.6 Å². The summed E-state index contributed by atoms with van der Waals surface area (Å²) < 4.78 is 1.81. The van der Waals surface area contributed by atoms with Crippen LogP contribution >= 0.6 is 0 Å². The Kier molecular flexibility index (Phi) is 6.12. The molecule has 1 amide bonds. The lowest BCUT2D eigenvalue weighted by atomic mass is 9.98. The lowest BCUT2D eigenvalue weighted by molar-refractivity contribution is -0.120. The van der Waals surface area contributed by atoms with Crippen LogP contribution in [0.5, 0.6) is 0 Å². The number of hydrogen-bond acceptors (Lipinski definition) is 6. The van der Waals surface area contributed by atoms with E-state index >= 15 is 0 Å². The molecule has 0 atom stereocenters. The predicted octanol–water partition coefficient (Wildman–Crippen LogP) is 3.51. The van der Waals surface area contributed by atoms with Crippen molar-refractivity contribution in [3.8, 4) is 5.82 Å². The number of benzene rings is 1. The van der Waals surface area contributed by atoms with Gasteiger partial charge in [-0.3, -0.25) is 4.79 Å². The van der Waals surface area contributed by atoms with E-state index in [9.17, 15) is 4.79 Å². The van der Waals surface area contributed by atoms with Gasteiger partial charge >= 0.3 is 0 Å². The first-order chi connectivity index (χ1) is 15.4. The van der Waals surface area contributed by atoms with Gasteiger partial charge in [-0.15, -0.1) is 0 Å². The van der Waals surface area contributed by atoms with Crippen molar-refractivity contribution in [2.24, 2.45) is 5.92 Å². The van der Waals surface area contributed by atoms with Gasteiger partial charge in [0.2, 0.25) is 5.91 Å². The van der Waals surface area contributed by atoms with Crippen molar-refractivity contribution < 1.29 is 4.79 Å². The third-order valence-corrected chi connectivity index (χ3v) is 6.04. The predicted molar refractivity (Wildman–Crippen MR) is 128 cm³/mol. The van der Waals surface area contributed by atoms with Crippen molar-refractivity contribution in [1.82, 2.24) is 19.7 Å². The Morgan fingerprint density at radius 3 is 2.41 bits per heavy atom. The molecule has 168 valence electrons. The normalized spacial score (nSPS) is 13.7. The first-order valence-corrected chi connectivity index (χ1v) is 11.2. The van der Waals surface area contributed by atoms with Crippen molar-refractivity contribution in [3.63, 3.8) is 0 Å². The van der Waals surface area contributed by atoms with Gasteiger partial charge in [0, 0.05) is 49.3 Å². The van der Waals surface area contributed by atoms with Crippen molar-refractivity contribution in [2.75, 3.05) is 41.3 Å². The van der Waals surface area contributed by atoms with Gasteiger partial charge in [-0.25, -0.2) is 14.6 Å². The van der Waals surface area contributed by atoms with Crippen LogP contribution in [0.2, 0.25) is 0 Å². The zero-order chi connectivity index (χ0) is 22.8. The molecule has 0 radical (unpaired) electrons. The van der Waals surface area contributed by atoms with E-state index < -0.39 is 0 Å². The lowest BCUT2D eigenvalue weighted by Gasteiger charge is -2.39. The average Bonchev–Trinajstić information content (AvgIpc) is 3.08. The highest BCUT2D eigenvalue weighted by Gasteiger charge is 2.34. The molecule has 1 saturated heterocycles. The fourth-order valence-electron chi connectivity index (χ4n) is 4.13. The molecule has 1 aliphatic heterocycles. The van der Waals surface area contributed by atoms with Crippen LogP contribution in [0.1, 0.15) is 30.8 Å². The van der Waals surface area contributed by atoms with Crippen molar-refractivity contribution in [3.05, 3.63) is 53.6 Å². The molecule has 4 rings (SSSR count). The first kappa shape index (κ1) is 21.8. The number of aromatic nitrogens is 4. The first-order valence-electron chi connectivity index (χ1n) is 11.2. The third-order valence-electron chi connectivity index (χ3n) is 6.04. The summed E-state index contributed by atoms with van der Waals surface area (Å²) in [5.41, 5.74) is 5.10. The number of carbonyl (C=O) groups is 1. The van der Waals surface area contributed by atoms with Gasteiger partial charge in [-0.1, -0.05) is 0 Å². The topological polar surface area (TPSA) is 79.2 Å². The molecule has 0 aliphatic carbocycles. The third kappa shape index (κ3) is 4.30.